The minimum atomic E-state index is -0.0549. The predicted octanol–water partition coefficient (Wildman–Crippen LogP) is 2.70. The summed E-state index contributed by atoms with van der Waals surface area (Å²) >= 11 is 1.86. The van der Waals surface area contributed by atoms with Gasteiger partial charge in [0.25, 0.3) is 0 Å². The molecular weight excluding hydrogens is 234 g/mol. The van der Waals surface area contributed by atoms with Crippen LogP contribution in [0.3, 0.4) is 0 Å². The van der Waals surface area contributed by atoms with E-state index >= 15 is 0 Å². The number of thioether (sulfide) groups is 1. The van der Waals surface area contributed by atoms with E-state index in [0.29, 0.717) is 0 Å². The standard InChI is InChI=1S/C12H21N3OS/c1-3-8-17-9-10-14-11(16-15-10)12(4-2)6-5-7-13-12/h13H,3-9H2,1-2H3. The molecule has 1 atom stereocenters. The van der Waals surface area contributed by atoms with Crippen LogP contribution in [0.4, 0.5) is 0 Å². The fourth-order valence-corrected chi connectivity index (χ4v) is 2.99. The molecule has 1 unspecified atom stereocenters. The Labute approximate surface area is 107 Å². The zero-order valence-corrected chi connectivity index (χ0v) is 11.5. The molecule has 0 aromatic carbocycles. The van der Waals surface area contributed by atoms with E-state index in [0.717, 1.165) is 42.6 Å². The number of aromatic nitrogens is 2. The Kier molecular flexibility index (Phi) is 4.45. The van der Waals surface area contributed by atoms with Crippen LogP contribution < -0.4 is 5.32 Å². The second-order valence-corrected chi connectivity index (χ2v) is 5.64. The van der Waals surface area contributed by atoms with Crippen molar-refractivity contribution in [3.63, 3.8) is 0 Å². The molecule has 2 heterocycles. The van der Waals surface area contributed by atoms with E-state index in [1.165, 1.54) is 12.8 Å². The lowest BCUT2D eigenvalue weighted by Crippen LogP contribution is -2.36. The molecule has 1 aromatic rings. The van der Waals surface area contributed by atoms with E-state index in [1.54, 1.807) is 0 Å². The molecular formula is C12H21N3OS. The molecule has 17 heavy (non-hydrogen) atoms. The molecule has 0 saturated carbocycles. The molecule has 1 saturated heterocycles. The molecule has 0 aliphatic carbocycles. The minimum absolute atomic E-state index is 0.0549. The average Bonchev–Trinajstić information content (AvgIpc) is 2.98. The first-order valence-corrected chi connectivity index (χ1v) is 7.62. The van der Waals surface area contributed by atoms with Gasteiger partial charge in [0.05, 0.1) is 11.3 Å². The lowest BCUT2D eigenvalue weighted by molar-refractivity contribution is 0.249. The van der Waals surface area contributed by atoms with Gasteiger partial charge in [0.15, 0.2) is 5.82 Å². The molecule has 1 N–H and O–H groups in total. The number of rotatable bonds is 6. The molecule has 0 spiro atoms. The van der Waals surface area contributed by atoms with Gasteiger partial charge in [0, 0.05) is 0 Å². The van der Waals surface area contributed by atoms with Crippen LogP contribution >= 0.6 is 11.8 Å². The van der Waals surface area contributed by atoms with Gasteiger partial charge in [-0.3, -0.25) is 0 Å². The van der Waals surface area contributed by atoms with Gasteiger partial charge in [0.2, 0.25) is 5.89 Å². The van der Waals surface area contributed by atoms with Crippen molar-refractivity contribution in [3.8, 4) is 0 Å². The first-order valence-electron chi connectivity index (χ1n) is 6.46. The third-order valence-corrected chi connectivity index (χ3v) is 4.46. The number of nitrogens with one attached hydrogen (secondary N) is 1. The van der Waals surface area contributed by atoms with Crippen molar-refractivity contribution in [3.05, 3.63) is 11.7 Å². The highest BCUT2D eigenvalue weighted by Gasteiger charge is 2.38. The zero-order valence-electron chi connectivity index (χ0n) is 10.7. The van der Waals surface area contributed by atoms with Crippen molar-refractivity contribution in [1.82, 2.24) is 15.5 Å². The first kappa shape index (κ1) is 12.9. The summed E-state index contributed by atoms with van der Waals surface area (Å²) in [5.41, 5.74) is -0.0549. The maximum absolute atomic E-state index is 5.44. The Bertz CT molecular complexity index is 347. The monoisotopic (exact) mass is 255 g/mol. The van der Waals surface area contributed by atoms with Gasteiger partial charge in [-0.05, 0) is 38.0 Å². The van der Waals surface area contributed by atoms with Gasteiger partial charge in [-0.2, -0.15) is 16.7 Å². The molecule has 1 aliphatic rings. The molecule has 0 amide bonds. The summed E-state index contributed by atoms with van der Waals surface area (Å²) in [5, 5.41) is 7.59. The second-order valence-electron chi connectivity index (χ2n) is 4.53. The van der Waals surface area contributed by atoms with E-state index in [2.05, 4.69) is 29.3 Å². The van der Waals surface area contributed by atoms with Gasteiger partial charge in [0.1, 0.15) is 0 Å². The van der Waals surface area contributed by atoms with Crippen molar-refractivity contribution >= 4 is 11.8 Å². The van der Waals surface area contributed by atoms with Crippen LogP contribution in [0.5, 0.6) is 0 Å². The fourth-order valence-electron chi connectivity index (χ4n) is 2.26. The molecule has 1 aromatic heterocycles. The number of nitrogens with zero attached hydrogens (tertiary/aromatic N) is 2. The molecule has 1 aliphatic heterocycles. The summed E-state index contributed by atoms with van der Waals surface area (Å²) in [7, 11) is 0. The summed E-state index contributed by atoms with van der Waals surface area (Å²) in [6.07, 6.45) is 4.50. The molecule has 1 fully saturated rings. The molecule has 4 nitrogen and oxygen atoms in total. The molecule has 96 valence electrons. The Morgan fingerprint density at radius 2 is 2.35 bits per heavy atom. The smallest absolute Gasteiger partial charge is 0.246 e. The molecule has 5 heteroatoms. The summed E-state index contributed by atoms with van der Waals surface area (Å²) in [6, 6.07) is 0. The Morgan fingerprint density at radius 3 is 3.00 bits per heavy atom. The van der Waals surface area contributed by atoms with E-state index in [9.17, 15) is 0 Å². The van der Waals surface area contributed by atoms with E-state index < -0.39 is 0 Å². The van der Waals surface area contributed by atoms with Crippen molar-refractivity contribution < 1.29 is 4.52 Å². The van der Waals surface area contributed by atoms with Crippen LogP contribution in [0.15, 0.2) is 4.52 Å². The van der Waals surface area contributed by atoms with Crippen molar-refractivity contribution in [2.45, 2.75) is 50.8 Å². The maximum atomic E-state index is 5.44. The first-order chi connectivity index (χ1) is 8.30. The normalized spacial score (nSPS) is 24.4. The van der Waals surface area contributed by atoms with Crippen LogP contribution in [-0.2, 0) is 11.3 Å². The largest absolute Gasteiger partial charge is 0.337 e. The highest BCUT2D eigenvalue weighted by Crippen LogP contribution is 2.32. The summed E-state index contributed by atoms with van der Waals surface area (Å²) in [5.74, 6) is 3.63. The Morgan fingerprint density at radius 1 is 1.47 bits per heavy atom. The molecule has 2 rings (SSSR count). The second kappa shape index (κ2) is 5.87. The van der Waals surface area contributed by atoms with E-state index in [-0.39, 0.29) is 5.54 Å². The van der Waals surface area contributed by atoms with Crippen molar-refractivity contribution in [1.29, 1.82) is 0 Å². The van der Waals surface area contributed by atoms with Gasteiger partial charge in [-0.1, -0.05) is 19.0 Å². The van der Waals surface area contributed by atoms with Gasteiger partial charge < -0.3 is 9.84 Å². The topological polar surface area (TPSA) is 51.0 Å². The van der Waals surface area contributed by atoms with Crippen LogP contribution in [0.1, 0.15) is 51.2 Å². The molecule has 0 radical (unpaired) electrons. The summed E-state index contributed by atoms with van der Waals surface area (Å²) in [6.45, 7) is 5.41. The summed E-state index contributed by atoms with van der Waals surface area (Å²) < 4.78 is 5.44. The SMILES string of the molecule is CCCSCc1noc(C2(CC)CCCN2)n1. The van der Waals surface area contributed by atoms with Crippen LogP contribution in [-0.4, -0.2) is 22.4 Å². The Hall–Kier alpha value is -0.550. The van der Waals surface area contributed by atoms with Crippen LogP contribution in [0.25, 0.3) is 0 Å². The molecule has 0 bridgehead atoms. The summed E-state index contributed by atoms with van der Waals surface area (Å²) in [4.78, 5) is 4.55. The van der Waals surface area contributed by atoms with E-state index in [4.69, 9.17) is 4.52 Å². The average molecular weight is 255 g/mol. The van der Waals surface area contributed by atoms with Crippen molar-refractivity contribution in [2.24, 2.45) is 0 Å². The van der Waals surface area contributed by atoms with Gasteiger partial charge >= 0.3 is 0 Å². The zero-order chi connectivity index (χ0) is 12.1. The lowest BCUT2D eigenvalue weighted by Gasteiger charge is -2.22. The van der Waals surface area contributed by atoms with Crippen LogP contribution in [0.2, 0.25) is 0 Å². The quantitative estimate of drug-likeness (QED) is 0.792. The highest BCUT2D eigenvalue weighted by atomic mass is 32.2. The fraction of sp³-hybridized carbons (Fsp3) is 0.833. The third kappa shape index (κ3) is 2.83. The maximum Gasteiger partial charge on any atom is 0.246 e. The number of hydrogen-bond donors (Lipinski definition) is 1. The lowest BCUT2D eigenvalue weighted by atomic mass is 9.94. The van der Waals surface area contributed by atoms with Gasteiger partial charge in [-0.15, -0.1) is 0 Å². The number of hydrogen-bond acceptors (Lipinski definition) is 5. The van der Waals surface area contributed by atoms with E-state index in [1.807, 2.05) is 11.8 Å². The van der Waals surface area contributed by atoms with Gasteiger partial charge in [-0.25, -0.2) is 0 Å². The van der Waals surface area contributed by atoms with Crippen LogP contribution in [0, 0.1) is 0 Å². The minimum Gasteiger partial charge on any atom is -0.337 e. The third-order valence-electron chi connectivity index (χ3n) is 3.30. The Balaban J connectivity index is 2.01. The highest BCUT2D eigenvalue weighted by molar-refractivity contribution is 7.98. The predicted molar refractivity (Wildman–Crippen MR) is 70.0 cm³/mol. The van der Waals surface area contributed by atoms with Crippen molar-refractivity contribution in [2.75, 3.05) is 12.3 Å².